The Balaban J connectivity index is 2.16. The van der Waals surface area contributed by atoms with Crippen molar-refractivity contribution in [2.24, 2.45) is 0 Å². The number of hydrogen-bond donors (Lipinski definition) is 0. The minimum atomic E-state index is 1.19. The first-order valence-corrected chi connectivity index (χ1v) is 8.05. The third kappa shape index (κ3) is 3.29. The molecule has 0 aliphatic carbocycles. The fourth-order valence-corrected chi connectivity index (χ4v) is 2.87. The Labute approximate surface area is 139 Å². The lowest BCUT2D eigenvalue weighted by molar-refractivity contribution is 1.23. The first-order chi connectivity index (χ1) is 11.0. The van der Waals surface area contributed by atoms with Crippen molar-refractivity contribution in [2.75, 3.05) is 4.90 Å². The Bertz CT molecular complexity index is 753. The molecule has 0 saturated heterocycles. The molecule has 3 aromatic rings. The van der Waals surface area contributed by atoms with Gasteiger partial charge >= 0.3 is 0 Å². The number of nitrogens with zero attached hydrogens (tertiary/aromatic N) is 1. The van der Waals surface area contributed by atoms with Gasteiger partial charge in [0.25, 0.3) is 0 Å². The lowest BCUT2D eigenvalue weighted by Gasteiger charge is -2.27. The first-order valence-electron chi connectivity index (χ1n) is 8.05. The van der Waals surface area contributed by atoms with E-state index in [1.54, 1.807) is 0 Å². The molecule has 0 fully saturated rings. The molecule has 3 aromatic carbocycles. The van der Waals surface area contributed by atoms with Gasteiger partial charge in [0, 0.05) is 17.1 Å². The second kappa shape index (κ2) is 6.29. The van der Waals surface area contributed by atoms with Crippen molar-refractivity contribution >= 4 is 17.1 Å². The second-order valence-electron chi connectivity index (χ2n) is 6.30. The van der Waals surface area contributed by atoms with Crippen LogP contribution in [-0.4, -0.2) is 0 Å². The smallest absolute Gasteiger partial charge is 0.0490 e. The van der Waals surface area contributed by atoms with Crippen LogP contribution in [-0.2, 0) is 0 Å². The van der Waals surface area contributed by atoms with E-state index in [1.165, 1.54) is 39.3 Å². The summed E-state index contributed by atoms with van der Waals surface area (Å²) >= 11 is 0. The van der Waals surface area contributed by atoms with Crippen molar-refractivity contribution in [3.8, 4) is 0 Å². The van der Waals surface area contributed by atoms with E-state index in [-0.39, 0.29) is 0 Å². The van der Waals surface area contributed by atoms with Gasteiger partial charge in [-0.3, -0.25) is 0 Å². The molecule has 0 bridgehead atoms. The fraction of sp³-hybridized carbons (Fsp3) is 0.182. The number of anilines is 3. The lowest BCUT2D eigenvalue weighted by Crippen LogP contribution is -2.11. The van der Waals surface area contributed by atoms with Crippen molar-refractivity contribution in [1.82, 2.24) is 0 Å². The Kier molecular flexibility index (Phi) is 4.20. The molecular formula is C22H23N. The topological polar surface area (TPSA) is 3.24 Å². The van der Waals surface area contributed by atoms with Crippen LogP contribution < -0.4 is 4.90 Å². The highest BCUT2D eigenvalue weighted by Crippen LogP contribution is 2.36. The molecule has 0 aromatic heterocycles. The van der Waals surface area contributed by atoms with E-state index in [1.807, 2.05) is 0 Å². The van der Waals surface area contributed by atoms with Crippen LogP contribution in [0.1, 0.15) is 22.3 Å². The minimum Gasteiger partial charge on any atom is -0.310 e. The third-order valence-corrected chi connectivity index (χ3v) is 4.18. The Morgan fingerprint density at radius 1 is 0.522 bits per heavy atom. The summed E-state index contributed by atoms with van der Waals surface area (Å²) in [6.07, 6.45) is 0. The molecule has 23 heavy (non-hydrogen) atoms. The molecule has 1 heteroatoms. The van der Waals surface area contributed by atoms with Crippen molar-refractivity contribution < 1.29 is 0 Å². The number of benzene rings is 3. The summed E-state index contributed by atoms with van der Waals surface area (Å²) in [6, 6.07) is 24.1. The summed E-state index contributed by atoms with van der Waals surface area (Å²) in [7, 11) is 0. The molecule has 0 unspecified atom stereocenters. The Hall–Kier alpha value is -2.54. The highest BCUT2D eigenvalue weighted by molar-refractivity contribution is 5.78. The SMILES string of the molecule is Cc1ccc(N(c2ccc(C)cc2)c2ccc(C)cc2C)cc1. The monoisotopic (exact) mass is 301 g/mol. The summed E-state index contributed by atoms with van der Waals surface area (Å²) in [4.78, 5) is 2.33. The van der Waals surface area contributed by atoms with Crippen molar-refractivity contribution in [2.45, 2.75) is 27.7 Å². The van der Waals surface area contributed by atoms with Crippen LogP contribution in [0.15, 0.2) is 66.7 Å². The molecule has 3 rings (SSSR count). The highest BCUT2D eigenvalue weighted by atomic mass is 15.1. The van der Waals surface area contributed by atoms with E-state index in [2.05, 4.69) is 99.3 Å². The Morgan fingerprint density at radius 3 is 1.39 bits per heavy atom. The molecule has 0 N–H and O–H groups in total. The van der Waals surface area contributed by atoms with E-state index in [9.17, 15) is 0 Å². The normalized spacial score (nSPS) is 10.6. The molecule has 0 aliphatic rings. The van der Waals surface area contributed by atoms with Crippen LogP contribution in [0.4, 0.5) is 17.1 Å². The summed E-state index contributed by atoms with van der Waals surface area (Å²) < 4.78 is 0. The molecule has 0 heterocycles. The van der Waals surface area contributed by atoms with E-state index >= 15 is 0 Å². The van der Waals surface area contributed by atoms with E-state index < -0.39 is 0 Å². The predicted octanol–water partition coefficient (Wildman–Crippen LogP) is 6.39. The molecule has 116 valence electrons. The molecule has 0 radical (unpaired) electrons. The van der Waals surface area contributed by atoms with Gasteiger partial charge in [0.2, 0.25) is 0 Å². The van der Waals surface area contributed by atoms with Gasteiger partial charge in [0.05, 0.1) is 0 Å². The van der Waals surface area contributed by atoms with Crippen LogP contribution in [0.5, 0.6) is 0 Å². The highest BCUT2D eigenvalue weighted by Gasteiger charge is 2.14. The molecule has 0 spiro atoms. The quantitative estimate of drug-likeness (QED) is 0.541. The van der Waals surface area contributed by atoms with Gasteiger partial charge in [-0.15, -0.1) is 0 Å². The molecule has 0 atom stereocenters. The summed E-state index contributed by atoms with van der Waals surface area (Å²) in [5.41, 5.74) is 8.72. The van der Waals surface area contributed by atoms with E-state index in [0.29, 0.717) is 0 Å². The summed E-state index contributed by atoms with van der Waals surface area (Å²) in [5.74, 6) is 0. The Morgan fingerprint density at radius 2 is 0.957 bits per heavy atom. The molecule has 0 amide bonds. The van der Waals surface area contributed by atoms with Gasteiger partial charge in [-0.1, -0.05) is 53.1 Å². The summed E-state index contributed by atoms with van der Waals surface area (Å²) in [6.45, 7) is 8.56. The predicted molar refractivity (Wildman–Crippen MR) is 100 cm³/mol. The standard InChI is InChI=1S/C22H23N/c1-16-5-10-20(11-6-16)23(21-12-7-17(2)8-13-21)22-14-9-18(3)15-19(22)4/h5-15H,1-4H3. The van der Waals surface area contributed by atoms with Crippen LogP contribution in [0, 0.1) is 27.7 Å². The zero-order valence-corrected chi connectivity index (χ0v) is 14.3. The average Bonchev–Trinajstić information content (AvgIpc) is 2.53. The third-order valence-electron chi connectivity index (χ3n) is 4.18. The lowest BCUT2D eigenvalue weighted by atomic mass is 10.1. The second-order valence-corrected chi connectivity index (χ2v) is 6.30. The zero-order chi connectivity index (χ0) is 16.4. The zero-order valence-electron chi connectivity index (χ0n) is 14.3. The van der Waals surface area contributed by atoms with E-state index in [0.717, 1.165) is 0 Å². The first kappa shape index (κ1) is 15.4. The van der Waals surface area contributed by atoms with Crippen LogP contribution >= 0.6 is 0 Å². The molecule has 0 aliphatic heterocycles. The van der Waals surface area contributed by atoms with Crippen LogP contribution in [0.3, 0.4) is 0 Å². The van der Waals surface area contributed by atoms with Crippen LogP contribution in [0.2, 0.25) is 0 Å². The molecule has 1 nitrogen and oxygen atoms in total. The maximum atomic E-state index is 2.33. The van der Waals surface area contributed by atoms with Gasteiger partial charge in [-0.2, -0.15) is 0 Å². The molecular weight excluding hydrogens is 278 g/mol. The summed E-state index contributed by atoms with van der Waals surface area (Å²) in [5, 5.41) is 0. The van der Waals surface area contributed by atoms with Gasteiger partial charge in [-0.05, 0) is 63.6 Å². The van der Waals surface area contributed by atoms with Gasteiger partial charge in [0.15, 0.2) is 0 Å². The number of hydrogen-bond acceptors (Lipinski definition) is 1. The minimum absolute atomic E-state index is 1.19. The van der Waals surface area contributed by atoms with Gasteiger partial charge < -0.3 is 4.90 Å². The van der Waals surface area contributed by atoms with Crippen LogP contribution in [0.25, 0.3) is 0 Å². The fourth-order valence-electron chi connectivity index (χ4n) is 2.87. The molecule has 0 saturated carbocycles. The van der Waals surface area contributed by atoms with Crippen molar-refractivity contribution in [3.63, 3.8) is 0 Å². The average molecular weight is 301 g/mol. The maximum Gasteiger partial charge on any atom is 0.0490 e. The van der Waals surface area contributed by atoms with Crippen molar-refractivity contribution in [3.05, 3.63) is 89.0 Å². The van der Waals surface area contributed by atoms with E-state index in [4.69, 9.17) is 0 Å². The largest absolute Gasteiger partial charge is 0.310 e. The van der Waals surface area contributed by atoms with Gasteiger partial charge in [0.1, 0.15) is 0 Å². The van der Waals surface area contributed by atoms with Crippen molar-refractivity contribution in [1.29, 1.82) is 0 Å². The van der Waals surface area contributed by atoms with Gasteiger partial charge in [-0.25, -0.2) is 0 Å². The maximum absolute atomic E-state index is 2.33. The number of rotatable bonds is 3. The number of aryl methyl sites for hydroxylation is 4.